The number of halogens is 4. The number of piperidine rings is 1. The first-order valence-electron chi connectivity index (χ1n) is 11.5. The van der Waals surface area contributed by atoms with Crippen molar-refractivity contribution in [3.05, 3.63) is 83.6 Å². The number of amides is 1. The molecule has 1 saturated heterocycles. The van der Waals surface area contributed by atoms with Crippen LogP contribution in [0.5, 0.6) is 0 Å². The van der Waals surface area contributed by atoms with Crippen LogP contribution in [0, 0.1) is 11.6 Å². The highest BCUT2D eigenvalue weighted by atomic mass is 19.3. The molecule has 3 aromatic carbocycles. The number of likely N-dealkylation sites (tertiary alicyclic amines) is 1. The molecule has 1 fully saturated rings. The van der Waals surface area contributed by atoms with Gasteiger partial charge in [-0.1, -0.05) is 25.1 Å². The summed E-state index contributed by atoms with van der Waals surface area (Å²) >= 11 is 0. The van der Waals surface area contributed by atoms with Crippen LogP contribution in [0.25, 0.3) is 33.2 Å². The second-order valence-electron chi connectivity index (χ2n) is 8.86. The van der Waals surface area contributed by atoms with Gasteiger partial charge in [0.05, 0.1) is 0 Å². The molecular weight excluding hydrogens is 458 g/mol. The van der Waals surface area contributed by atoms with Gasteiger partial charge < -0.3 is 9.32 Å². The van der Waals surface area contributed by atoms with Gasteiger partial charge in [0.1, 0.15) is 11.3 Å². The maximum Gasteiger partial charge on any atom is 0.253 e. The number of hydrogen-bond acceptors (Lipinski definition) is 2. The van der Waals surface area contributed by atoms with Crippen molar-refractivity contribution in [3.8, 4) is 22.3 Å². The lowest BCUT2D eigenvalue weighted by atomic mass is 9.96. The maximum absolute atomic E-state index is 14.0. The molecule has 180 valence electrons. The fourth-order valence-electron chi connectivity index (χ4n) is 4.45. The van der Waals surface area contributed by atoms with Crippen molar-refractivity contribution in [1.82, 2.24) is 4.90 Å². The molecule has 0 unspecified atom stereocenters. The SMILES string of the molecule is CCc1cc2cc(-c3ccc(C(=O)N4CCC(F)(F)CC4)cc3)cc(-c3ccc(F)c(F)c3)c2o1. The minimum Gasteiger partial charge on any atom is -0.460 e. The molecular formula is C28H23F4NO2. The number of carbonyl (C=O) groups is 1. The number of fused-ring (bicyclic) bond motifs is 1. The van der Waals surface area contributed by atoms with Gasteiger partial charge >= 0.3 is 0 Å². The molecule has 5 rings (SSSR count). The number of rotatable bonds is 4. The minimum atomic E-state index is -2.71. The Kier molecular flexibility index (Phi) is 5.87. The molecule has 0 spiro atoms. The second kappa shape index (κ2) is 8.87. The molecule has 3 nitrogen and oxygen atoms in total. The minimum absolute atomic E-state index is 0.0299. The zero-order valence-electron chi connectivity index (χ0n) is 19.1. The van der Waals surface area contributed by atoms with Crippen molar-refractivity contribution in [1.29, 1.82) is 0 Å². The van der Waals surface area contributed by atoms with Gasteiger partial charge in [0.2, 0.25) is 0 Å². The van der Waals surface area contributed by atoms with Crippen molar-refractivity contribution in [3.63, 3.8) is 0 Å². The number of furan rings is 1. The van der Waals surface area contributed by atoms with Gasteiger partial charge in [0.25, 0.3) is 11.8 Å². The van der Waals surface area contributed by atoms with Gasteiger partial charge in [-0.05, 0) is 59.2 Å². The van der Waals surface area contributed by atoms with Crippen LogP contribution in [0.15, 0.2) is 65.1 Å². The quantitative estimate of drug-likeness (QED) is 0.283. The molecule has 0 bridgehead atoms. The zero-order valence-corrected chi connectivity index (χ0v) is 19.1. The molecule has 0 aliphatic carbocycles. The van der Waals surface area contributed by atoms with Crippen LogP contribution >= 0.6 is 0 Å². The average Bonchev–Trinajstić information content (AvgIpc) is 3.28. The van der Waals surface area contributed by atoms with Crippen LogP contribution in [-0.4, -0.2) is 29.8 Å². The van der Waals surface area contributed by atoms with E-state index in [1.54, 1.807) is 24.3 Å². The molecule has 35 heavy (non-hydrogen) atoms. The third kappa shape index (κ3) is 4.55. The molecule has 1 aliphatic rings. The third-order valence-electron chi connectivity index (χ3n) is 6.49. The van der Waals surface area contributed by atoms with E-state index in [2.05, 4.69) is 0 Å². The molecule has 7 heteroatoms. The summed E-state index contributed by atoms with van der Waals surface area (Å²) in [5.74, 6) is -4.08. The van der Waals surface area contributed by atoms with E-state index >= 15 is 0 Å². The lowest BCUT2D eigenvalue weighted by molar-refractivity contribution is -0.0494. The van der Waals surface area contributed by atoms with Gasteiger partial charge in [-0.15, -0.1) is 0 Å². The highest BCUT2D eigenvalue weighted by Gasteiger charge is 2.35. The number of hydrogen-bond donors (Lipinski definition) is 0. The lowest BCUT2D eigenvalue weighted by Gasteiger charge is -2.31. The summed E-state index contributed by atoms with van der Waals surface area (Å²) in [7, 11) is 0. The molecule has 1 aliphatic heterocycles. The van der Waals surface area contributed by atoms with Crippen molar-refractivity contribution >= 4 is 16.9 Å². The zero-order chi connectivity index (χ0) is 24.7. The van der Waals surface area contributed by atoms with E-state index in [9.17, 15) is 22.4 Å². The number of benzene rings is 3. The predicted molar refractivity (Wildman–Crippen MR) is 126 cm³/mol. The Morgan fingerprint density at radius 3 is 2.23 bits per heavy atom. The summed E-state index contributed by atoms with van der Waals surface area (Å²) in [6.07, 6.45) is 0.0303. The van der Waals surface area contributed by atoms with Crippen LogP contribution in [0.4, 0.5) is 17.6 Å². The molecule has 0 radical (unpaired) electrons. The van der Waals surface area contributed by atoms with Crippen molar-refractivity contribution in [2.75, 3.05) is 13.1 Å². The van der Waals surface area contributed by atoms with Crippen LogP contribution in [0.1, 0.15) is 35.9 Å². The van der Waals surface area contributed by atoms with E-state index in [1.807, 2.05) is 25.1 Å². The van der Waals surface area contributed by atoms with E-state index in [0.717, 1.165) is 34.4 Å². The lowest BCUT2D eigenvalue weighted by Crippen LogP contribution is -2.42. The monoisotopic (exact) mass is 481 g/mol. The Morgan fingerprint density at radius 1 is 0.886 bits per heavy atom. The summed E-state index contributed by atoms with van der Waals surface area (Å²) in [5, 5.41) is 0.827. The van der Waals surface area contributed by atoms with Crippen LogP contribution < -0.4 is 0 Å². The number of nitrogens with zero attached hydrogens (tertiary/aromatic N) is 1. The van der Waals surface area contributed by atoms with Crippen LogP contribution in [0.2, 0.25) is 0 Å². The Bertz CT molecular complexity index is 1400. The Morgan fingerprint density at radius 2 is 1.57 bits per heavy atom. The Balaban J connectivity index is 1.50. The van der Waals surface area contributed by atoms with E-state index in [0.29, 0.717) is 28.7 Å². The number of carbonyl (C=O) groups excluding carboxylic acids is 1. The molecule has 0 atom stereocenters. The van der Waals surface area contributed by atoms with Crippen molar-refractivity contribution in [2.24, 2.45) is 0 Å². The second-order valence-corrected chi connectivity index (χ2v) is 8.86. The standard InChI is InChI=1S/C28H23F4NO2/c1-2-22-14-21-13-20(15-23(26(21)35-22)19-7-8-24(29)25(30)16-19)17-3-5-18(6-4-17)27(34)33-11-9-28(31,32)10-12-33/h3-8,13-16H,2,9-12H2,1H3. The van der Waals surface area contributed by atoms with Crippen molar-refractivity contribution < 1.29 is 26.8 Å². The van der Waals surface area contributed by atoms with Gasteiger partial charge in [0.15, 0.2) is 11.6 Å². The normalized spacial score (nSPS) is 15.5. The molecule has 1 aromatic heterocycles. The average molecular weight is 481 g/mol. The van der Waals surface area contributed by atoms with Crippen LogP contribution in [-0.2, 0) is 6.42 Å². The fraction of sp³-hybridized carbons (Fsp3) is 0.250. The van der Waals surface area contributed by atoms with Crippen molar-refractivity contribution in [2.45, 2.75) is 32.1 Å². The van der Waals surface area contributed by atoms with E-state index in [1.165, 1.54) is 11.0 Å². The molecule has 2 heterocycles. The van der Waals surface area contributed by atoms with Gasteiger partial charge in [0, 0.05) is 48.9 Å². The largest absolute Gasteiger partial charge is 0.460 e. The highest BCUT2D eigenvalue weighted by Crippen LogP contribution is 2.37. The Labute approximate surface area is 200 Å². The summed E-state index contributed by atoms with van der Waals surface area (Å²) in [4.78, 5) is 14.2. The molecule has 0 saturated carbocycles. The summed E-state index contributed by atoms with van der Waals surface area (Å²) in [6.45, 7) is 2.03. The first-order chi connectivity index (χ1) is 16.7. The molecule has 1 amide bonds. The van der Waals surface area contributed by atoms with Gasteiger partial charge in [-0.2, -0.15) is 0 Å². The summed E-state index contributed by atoms with van der Waals surface area (Å²) < 4.78 is 60.4. The van der Waals surface area contributed by atoms with Crippen LogP contribution in [0.3, 0.4) is 0 Å². The van der Waals surface area contributed by atoms with Gasteiger partial charge in [-0.25, -0.2) is 17.6 Å². The smallest absolute Gasteiger partial charge is 0.253 e. The maximum atomic E-state index is 14.0. The van der Waals surface area contributed by atoms with Gasteiger partial charge in [-0.3, -0.25) is 4.79 Å². The van der Waals surface area contributed by atoms with E-state index in [-0.39, 0.29) is 31.8 Å². The first kappa shape index (κ1) is 23.1. The summed E-state index contributed by atoms with van der Waals surface area (Å²) in [6, 6.07) is 16.4. The van der Waals surface area contributed by atoms with E-state index < -0.39 is 17.6 Å². The molecule has 0 N–H and O–H groups in total. The summed E-state index contributed by atoms with van der Waals surface area (Å²) in [5.41, 5.74) is 3.77. The topological polar surface area (TPSA) is 33.5 Å². The third-order valence-corrected chi connectivity index (χ3v) is 6.49. The van der Waals surface area contributed by atoms with E-state index in [4.69, 9.17) is 4.42 Å². The Hall–Kier alpha value is -3.61. The molecule has 4 aromatic rings. The number of aryl methyl sites for hydroxylation is 1. The first-order valence-corrected chi connectivity index (χ1v) is 11.5. The fourth-order valence-corrected chi connectivity index (χ4v) is 4.45. The highest BCUT2D eigenvalue weighted by molar-refractivity contribution is 5.98. The predicted octanol–water partition coefficient (Wildman–Crippen LogP) is 7.48. The number of alkyl halides is 2.